The summed E-state index contributed by atoms with van der Waals surface area (Å²) in [6.45, 7) is 0.185. The van der Waals surface area contributed by atoms with E-state index in [1.165, 1.54) is 7.11 Å². The van der Waals surface area contributed by atoms with Gasteiger partial charge in [0.05, 0.1) is 44.0 Å². The molecule has 1 unspecified atom stereocenters. The molecule has 1 atom stereocenters. The summed E-state index contributed by atoms with van der Waals surface area (Å²) in [5, 5.41) is 0.430. The van der Waals surface area contributed by atoms with Crippen molar-refractivity contribution in [3.05, 3.63) is 93.7 Å². The van der Waals surface area contributed by atoms with Crippen molar-refractivity contribution in [1.29, 1.82) is 0 Å². The van der Waals surface area contributed by atoms with Crippen molar-refractivity contribution in [3.8, 4) is 11.5 Å². The molecule has 31 heavy (non-hydrogen) atoms. The van der Waals surface area contributed by atoms with Crippen molar-refractivity contribution >= 4 is 16.9 Å². The lowest BCUT2D eigenvalue weighted by Gasteiger charge is -2.25. The predicted molar refractivity (Wildman–Crippen MR) is 112 cm³/mol. The maximum atomic E-state index is 13.5. The van der Waals surface area contributed by atoms with Crippen LogP contribution >= 0.6 is 0 Å². The third kappa shape index (κ3) is 2.97. The number of nitrogens with zero attached hydrogens (tertiary/aromatic N) is 1. The Morgan fingerprint density at radius 1 is 0.968 bits per heavy atom. The van der Waals surface area contributed by atoms with E-state index in [0.29, 0.717) is 39.4 Å². The molecule has 7 nitrogen and oxygen atoms in total. The molecule has 0 saturated carbocycles. The maximum Gasteiger partial charge on any atom is 0.291 e. The Kier molecular flexibility index (Phi) is 4.51. The second kappa shape index (κ2) is 7.36. The fourth-order valence-electron chi connectivity index (χ4n) is 4.07. The van der Waals surface area contributed by atoms with E-state index in [0.717, 1.165) is 0 Å². The Hall–Kier alpha value is -4.00. The van der Waals surface area contributed by atoms with Crippen LogP contribution in [0.1, 0.15) is 33.5 Å². The van der Waals surface area contributed by atoms with Crippen LogP contribution in [0.5, 0.6) is 11.5 Å². The zero-order valence-electron chi connectivity index (χ0n) is 17.0. The lowest BCUT2D eigenvalue weighted by Crippen LogP contribution is -2.29. The molecular weight excluding hydrogens is 398 g/mol. The van der Waals surface area contributed by atoms with E-state index in [1.54, 1.807) is 66.8 Å². The van der Waals surface area contributed by atoms with Gasteiger partial charge in [0.25, 0.3) is 5.91 Å². The molecule has 0 spiro atoms. The van der Waals surface area contributed by atoms with Crippen LogP contribution in [-0.2, 0) is 6.54 Å². The van der Waals surface area contributed by atoms with Gasteiger partial charge >= 0.3 is 0 Å². The number of benzene rings is 2. The van der Waals surface area contributed by atoms with Crippen molar-refractivity contribution < 1.29 is 23.1 Å². The number of ether oxygens (including phenoxy) is 2. The third-order valence-electron chi connectivity index (χ3n) is 5.50. The van der Waals surface area contributed by atoms with Crippen LogP contribution in [0.4, 0.5) is 0 Å². The molecular formula is C24H19NO6. The zero-order valence-corrected chi connectivity index (χ0v) is 17.0. The summed E-state index contributed by atoms with van der Waals surface area (Å²) in [6, 6.07) is 15.2. The summed E-state index contributed by atoms with van der Waals surface area (Å²) in [7, 11) is 3.09. The zero-order chi connectivity index (χ0) is 21.5. The molecule has 2 aromatic carbocycles. The fraction of sp³-hybridized carbons (Fsp3) is 0.167. The van der Waals surface area contributed by atoms with Crippen LogP contribution in [-0.4, -0.2) is 25.0 Å². The number of carbonyl (C=O) groups excluding carboxylic acids is 1. The van der Waals surface area contributed by atoms with Crippen LogP contribution in [0.15, 0.2) is 74.5 Å². The molecule has 1 aliphatic heterocycles. The Labute approximate surface area is 177 Å². The molecule has 0 N–H and O–H groups in total. The highest BCUT2D eigenvalue weighted by molar-refractivity contribution is 5.99. The van der Waals surface area contributed by atoms with Gasteiger partial charge in [0.2, 0.25) is 5.76 Å². The summed E-state index contributed by atoms with van der Waals surface area (Å²) in [5.74, 6) is 1.34. The van der Waals surface area contributed by atoms with Crippen molar-refractivity contribution in [3.63, 3.8) is 0 Å². The number of methoxy groups -OCH3 is 2. The summed E-state index contributed by atoms with van der Waals surface area (Å²) in [6.07, 6.45) is 1.55. The Morgan fingerprint density at radius 3 is 2.52 bits per heavy atom. The lowest BCUT2D eigenvalue weighted by molar-refractivity contribution is 0.0701. The van der Waals surface area contributed by atoms with Gasteiger partial charge < -0.3 is 23.2 Å². The highest BCUT2D eigenvalue weighted by Gasteiger charge is 2.43. The molecule has 0 bridgehead atoms. The minimum Gasteiger partial charge on any atom is -0.493 e. The van der Waals surface area contributed by atoms with Gasteiger partial charge in [0, 0.05) is 0 Å². The summed E-state index contributed by atoms with van der Waals surface area (Å²) < 4.78 is 22.2. The number of hydrogen-bond acceptors (Lipinski definition) is 6. The first-order valence-corrected chi connectivity index (χ1v) is 9.73. The molecule has 3 heterocycles. The van der Waals surface area contributed by atoms with Gasteiger partial charge in [0.1, 0.15) is 11.3 Å². The normalized spacial score (nSPS) is 15.4. The molecule has 1 amide bonds. The van der Waals surface area contributed by atoms with E-state index in [-0.39, 0.29) is 23.6 Å². The number of amides is 1. The number of carbonyl (C=O) groups is 1. The van der Waals surface area contributed by atoms with Crippen LogP contribution < -0.4 is 14.9 Å². The summed E-state index contributed by atoms with van der Waals surface area (Å²) in [4.78, 5) is 28.4. The Balaban J connectivity index is 1.74. The second-order valence-corrected chi connectivity index (χ2v) is 7.20. The number of furan rings is 1. The van der Waals surface area contributed by atoms with Gasteiger partial charge in [-0.1, -0.05) is 18.2 Å². The van der Waals surface area contributed by atoms with E-state index in [1.807, 2.05) is 6.07 Å². The van der Waals surface area contributed by atoms with Crippen molar-refractivity contribution in [2.75, 3.05) is 14.2 Å². The molecule has 0 fully saturated rings. The van der Waals surface area contributed by atoms with Crippen molar-refractivity contribution in [2.45, 2.75) is 12.6 Å². The standard InChI is InChI=1S/C24H19NO6/c1-28-18-10-9-14(12-19(18)29-2)21-20-22(26)16-7-3-4-8-17(16)31-23(20)24(27)25(21)13-15-6-5-11-30-15/h3-12,21H,13H2,1-2H3. The van der Waals surface area contributed by atoms with Gasteiger partial charge in [-0.15, -0.1) is 0 Å². The van der Waals surface area contributed by atoms with E-state index >= 15 is 0 Å². The van der Waals surface area contributed by atoms with E-state index < -0.39 is 6.04 Å². The lowest BCUT2D eigenvalue weighted by atomic mass is 9.98. The molecule has 0 aliphatic carbocycles. The molecule has 5 rings (SSSR count). The first kappa shape index (κ1) is 19.0. The average Bonchev–Trinajstić information content (AvgIpc) is 3.41. The highest BCUT2D eigenvalue weighted by atomic mass is 16.5. The van der Waals surface area contributed by atoms with Crippen molar-refractivity contribution in [1.82, 2.24) is 4.90 Å². The quantitative estimate of drug-likeness (QED) is 0.485. The van der Waals surface area contributed by atoms with Crippen LogP contribution in [0.25, 0.3) is 11.0 Å². The van der Waals surface area contributed by atoms with Gasteiger partial charge in [-0.3, -0.25) is 9.59 Å². The SMILES string of the molecule is COc1ccc(C2c3c(oc4ccccc4c3=O)C(=O)N2Cc2ccco2)cc1OC. The Morgan fingerprint density at radius 2 is 1.77 bits per heavy atom. The smallest absolute Gasteiger partial charge is 0.291 e. The Bertz CT molecular complexity index is 1340. The third-order valence-corrected chi connectivity index (χ3v) is 5.50. The average molecular weight is 417 g/mol. The van der Waals surface area contributed by atoms with Gasteiger partial charge in [-0.05, 0) is 42.0 Å². The summed E-state index contributed by atoms with van der Waals surface area (Å²) >= 11 is 0. The largest absolute Gasteiger partial charge is 0.493 e. The summed E-state index contributed by atoms with van der Waals surface area (Å²) in [5.41, 5.74) is 1.17. The van der Waals surface area contributed by atoms with E-state index in [2.05, 4.69) is 0 Å². The van der Waals surface area contributed by atoms with Crippen LogP contribution in [0.2, 0.25) is 0 Å². The number of hydrogen-bond donors (Lipinski definition) is 0. The monoisotopic (exact) mass is 417 g/mol. The molecule has 0 saturated heterocycles. The van der Waals surface area contributed by atoms with Gasteiger partial charge in [0.15, 0.2) is 16.9 Å². The molecule has 156 valence electrons. The first-order chi connectivity index (χ1) is 15.1. The molecule has 2 aromatic heterocycles. The minimum atomic E-state index is -0.659. The molecule has 4 aromatic rings. The molecule has 7 heteroatoms. The van der Waals surface area contributed by atoms with Crippen LogP contribution in [0, 0.1) is 0 Å². The molecule has 1 aliphatic rings. The number of fused-ring (bicyclic) bond motifs is 2. The van der Waals surface area contributed by atoms with Crippen LogP contribution in [0.3, 0.4) is 0 Å². The highest BCUT2D eigenvalue weighted by Crippen LogP contribution is 2.41. The number of para-hydroxylation sites is 1. The van der Waals surface area contributed by atoms with E-state index in [9.17, 15) is 9.59 Å². The van der Waals surface area contributed by atoms with Gasteiger partial charge in [-0.25, -0.2) is 0 Å². The molecule has 0 radical (unpaired) electrons. The fourth-order valence-corrected chi connectivity index (χ4v) is 4.07. The predicted octanol–water partition coefficient (Wildman–Crippen LogP) is 4.15. The van der Waals surface area contributed by atoms with E-state index in [4.69, 9.17) is 18.3 Å². The van der Waals surface area contributed by atoms with Gasteiger partial charge in [-0.2, -0.15) is 0 Å². The second-order valence-electron chi connectivity index (χ2n) is 7.20. The first-order valence-electron chi connectivity index (χ1n) is 9.73. The maximum absolute atomic E-state index is 13.5. The minimum absolute atomic E-state index is 0.0510. The van der Waals surface area contributed by atoms with Crippen molar-refractivity contribution in [2.24, 2.45) is 0 Å². The topological polar surface area (TPSA) is 82.1 Å². The number of rotatable bonds is 5.